The number of aryl methyl sites for hydroxylation is 1. The van der Waals surface area contributed by atoms with Gasteiger partial charge in [-0.05, 0) is 24.7 Å². The lowest BCUT2D eigenvalue weighted by molar-refractivity contribution is 0.0946. The Hall–Kier alpha value is -1.52. The largest absolute Gasteiger partial charge is 0.395 e. The van der Waals surface area contributed by atoms with Crippen LogP contribution >= 0.6 is 0 Å². The molecule has 0 saturated heterocycles. The number of H-pyrrole nitrogens is 1. The maximum atomic E-state index is 11.7. The van der Waals surface area contributed by atoms with Crippen LogP contribution in [0.25, 0.3) is 0 Å². The van der Waals surface area contributed by atoms with Gasteiger partial charge in [0, 0.05) is 6.54 Å². The third kappa shape index (κ3) is 1.89. The first-order valence-electron chi connectivity index (χ1n) is 5.50. The Kier molecular flexibility index (Phi) is 2.40. The molecule has 1 aliphatic carbocycles. The van der Waals surface area contributed by atoms with Gasteiger partial charge < -0.3 is 11.1 Å². The minimum atomic E-state index is -0.190. The summed E-state index contributed by atoms with van der Waals surface area (Å²) in [4.78, 5) is 11.7. The Morgan fingerprint density at radius 3 is 2.75 bits per heavy atom. The van der Waals surface area contributed by atoms with Crippen LogP contribution in [0.15, 0.2) is 0 Å². The summed E-state index contributed by atoms with van der Waals surface area (Å²) >= 11 is 0. The standard InChI is InChI=1S/C11H18N4O/c1-6-8(12)9(15-14-6)10(16)13-5-7-4-11(7,2)3/h7H,4-5,12H2,1-3H3,(H,13,16)(H,14,15). The fourth-order valence-electron chi connectivity index (χ4n) is 1.84. The van der Waals surface area contributed by atoms with Crippen LogP contribution < -0.4 is 11.1 Å². The summed E-state index contributed by atoms with van der Waals surface area (Å²) in [6, 6.07) is 0. The van der Waals surface area contributed by atoms with E-state index in [1.807, 2.05) is 0 Å². The number of nitrogens with one attached hydrogen (secondary N) is 2. The van der Waals surface area contributed by atoms with Gasteiger partial charge in [-0.2, -0.15) is 5.10 Å². The molecule has 4 N–H and O–H groups in total. The molecule has 1 aliphatic rings. The Morgan fingerprint density at radius 1 is 1.69 bits per heavy atom. The molecule has 0 aromatic carbocycles. The van der Waals surface area contributed by atoms with Gasteiger partial charge in [-0.15, -0.1) is 0 Å². The third-order valence-corrected chi connectivity index (χ3v) is 3.44. The lowest BCUT2D eigenvalue weighted by Crippen LogP contribution is -2.27. The van der Waals surface area contributed by atoms with E-state index < -0.39 is 0 Å². The summed E-state index contributed by atoms with van der Waals surface area (Å²) in [5.74, 6) is 0.391. The predicted octanol–water partition coefficient (Wildman–Crippen LogP) is 1.08. The molecule has 0 aliphatic heterocycles. The number of carbonyl (C=O) groups excluding carboxylic acids is 1. The highest BCUT2D eigenvalue weighted by Crippen LogP contribution is 2.50. The van der Waals surface area contributed by atoms with Crippen molar-refractivity contribution >= 4 is 11.6 Å². The van der Waals surface area contributed by atoms with Crippen molar-refractivity contribution in [2.45, 2.75) is 27.2 Å². The van der Waals surface area contributed by atoms with Gasteiger partial charge in [-0.1, -0.05) is 13.8 Å². The van der Waals surface area contributed by atoms with Crippen molar-refractivity contribution < 1.29 is 4.79 Å². The van der Waals surface area contributed by atoms with E-state index in [0.29, 0.717) is 29.3 Å². The van der Waals surface area contributed by atoms with Crippen molar-refractivity contribution in [3.05, 3.63) is 11.4 Å². The number of anilines is 1. The molecule has 1 fully saturated rings. The van der Waals surface area contributed by atoms with Gasteiger partial charge in [0.2, 0.25) is 0 Å². The second kappa shape index (κ2) is 3.50. The van der Waals surface area contributed by atoms with Crippen LogP contribution in [-0.4, -0.2) is 22.6 Å². The fourth-order valence-corrected chi connectivity index (χ4v) is 1.84. The molecule has 5 nitrogen and oxygen atoms in total. The zero-order valence-corrected chi connectivity index (χ0v) is 9.92. The molecule has 5 heteroatoms. The molecule has 1 unspecified atom stereocenters. The van der Waals surface area contributed by atoms with E-state index in [2.05, 4.69) is 29.4 Å². The van der Waals surface area contributed by atoms with E-state index >= 15 is 0 Å². The molecular formula is C11H18N4O. The zero-order valence-electron chi connectivity index (χ0n) is 9.92. The molecule has 88 valence electrons. The summed E-state index contributed by atoms with van der Waals surface area (Å²) in [5, 5.41) is 9.46. The van der Waals surface area contributed by atoms with E-state index in [1.165, 1.54) is 6.42 Å². The van der Waals surface area contributed by atoms with Crippen molar-refractivity contribution in [2.75, 3.05) is 12.3 Å². The molecule has 0 spiro atoms. The molecule has 0 bridgehead atoms. The molecular weight excluding hydrogens is 204 g/mol. The highest BCUT2D eigenvalue weighted by molar-refractivity contribution is 5.97. The highest BCUT2D eigenvalue weighted by atomic mass is 16.1. The summed E-state index contributed by atoms with van der Waals surface area (Å²) in [6.07, 6.45) is 1.17. The molecule has 1 aromatic heterocycles. The number of amides is 1. The van der Waals surface area contributed by atoms with Gasteiger partial charge >= 0.3 is 0 Å². The lowest BCUT2D eigenvalue weighted by Gasteiger charge is -2.05. The van der Waals surface area contributed by atoms with Crippen LogP contribution in [0.5, 0.6) is 0 Å². The summed E-state index contributed by atoms with van der Waals surface area (Å²) in [6.45, 7) is 6.91. The van der Waals surface area contributed by atoms with Crippen LogP contribution in [0, 0.1) is 18.3 Å². The summed E-state index contributed by atoms with van der Waals surface area (Å²) in [5.41, 5.74) is 7.57. The molecule has 16 heavy (non-hydrogen) atoms. The fraction of sp³-hybridized carbons (Fsp3) is 0.636. The predicted molar refractivity (Wildman–Crippen MR) is 62.0 cm³/mol. The first kappa shape index (κ1) is 11.0. The number of nitrogens with zero attached hydrogens (tertiary/aromatic N) is 1. The Labute approximate surface area is 94.8 Å². The number of carbonyl (C=O) groups is 1. The van der Waals surface area contributed by atoms with Gasteiger partial charge in [0.15, 0.2) is 5.69 Å². The highest BCUT2D eigenvalue weighted by Gasteiger charge is 2.45. The van der Waals surface area contributed by atoms with Crippen molar-refractivity contribution in [2.24, 2.45) is 11.3 Å². The second-order valence-electron chi connectivity index (χ2n) is 5.21. The van der Waals surface area contributed by atoms with Gasteiger partial charge in [0.25, 0.3) is 5.91 Å². The van der Waals surface area contributed by atoms with Crippen molar-refractivity contribution in [1.82, 2.24) is 15.5 Å². The molecule has 2 rings (SSSR count). The van der Waals surface area contributed by atoms with Crippen LogP contribution in [-0.2, 0) is 0 Å². The number of nitrogen functional groups attached to an aromatic ring is 1. The first-order chi connectivity index (χ1) is 7.42. The van der Waals surface area contributed by atoms with Crippen LogP contribution in [0.1, 0.15) is 36.5 Å². The second-order valence-corrected chi connectivity index (χ2v) is 5.21. The number of nitrogens with two attached hydrogens (primary N) is 1. The lowest BCUT2D eigenvalue weighted by atomic mass is 10.1. The van der Waals surface area contributed by atoms with E-state index in [1.54, 1.807) is 6.92 Å². The van der Waals surface area contributed by atoms with Crippen LogP contribution in [0.4, 0.5) is 5.69 Å². The summed E-state index contributed by atoms with van der Waals surface area (Å²) < 4.78 is 0. The van der Waals surface area contributed by atoms with E-state index in [-0.39, 0.29) is 5.91 Å². The number of hydrogen-bond acceptors (Lipinski definition) is 3. The van der Waals surface area contributed by atoms with E-state index in [0.717, 1.165) is 5.69 Å². The third-order valence-electron chi connectivity index (χ3n) is 3.44. The van der Waals surface area contributed by atoms with E-state index in [4.69, 9.17) is 5.73 Å². The quantitative estimate of drug-likeness (QED) is 0.715. The average molecular weight is 222 g/mol. The average Bonchev–Trinajstić information content (AvgIpc) is 2.68. The zero-order chi connectivity index (χ0) is 11.9. The normalized spacial score (nSPS) is 21.8. The maximum absolute atomic E-state index is 11.7. The Morgan fingerprint density at radius 2 is 2.31 bits per heavy atom. The molecule has 1 amide bonds. The molecule has 1 heterocycles. The van der Waals surface area contributed by atoms with Gasteiger partial charge in [0.1, 0.15) is 0 Å². The van der Waals surface area contributed by atoms with Crippen LogP contribution in [0.3, 0.4) is 0 Å². The van der Waals surface area contributed by atoms with E-state index in [9.17, 15) is 4.79 Å². The van der Waals surface area contributed by atoms with Crippen molar-refractivity contribution in [3.63, 3.8) is 0 Å². The van der Waals surface area contributed by atoms with Gasteiger partial charge in [0.05, 0.1) is 11.4 Å². The number of aromatic amines is 1. The molecule has 1 saturated carbocycles. The minimum absolute atomic E-state index is 0.190. The van der Waals surface area contributed by atoms with Crippen LogP contribution in [0.2, 0.25) is 0 Å². The smallest absolute Gasteiger partial charge is 0.273 e. The van der Waals surface area contributed by atoms with Gasteiger partial charge in [-0.25, -0.2) is 0 Å². The number of rotatable bonds is 3. The minimum Gasteiger partial charge on any atom is -0.395 e. The monoisotopic (exact) mass is 222 g/mol. The molecule has 1 aromatic rings. The Bertz CT molecular complexity index is 422. The summed E-state index contributed by atoms with van der Waals surface area (Å²) in [7, 11) is 0. The number of hydrogen-bond donors (Lipinski definition) is 3. The topological polar surface area (TPSA) is 83.8 Å². The van der Waals surface area contributed by atoms with Gasteiger partial charge in [-0.3, -0.25) is 9.89 Å². The SMILES string of the molecule is Cc1[nH]nc(C(=O)NCC2CC2(C)C)c1N. The number of aromatic nitrogens is 2. The molecule has 0 radical (unpaired) electrons. The van der Waals surface area contributed by atoms with Crippen molar-refractivity contribution in [1.29, 1.82) is 0 Å². The first-order valence-corrected chi connectivity index (χ1v) is 5.50. The Balaban J connectivity index is 1.92. The van der Waals surface area contributed by atoms with Crippen molar-refractivity contribution in [3.8, 4) is 0 Å². The molecule has 1 atom stereocenters. The maximum Gasteiger partial charge on any atom is 0.273 e.